The molecule has 2 aliphatic heterocycles. The first-order valence-corrected chi connectivity index (χ1v) is 14.7. The van der Waals surface area contributed by atoms with E-state index in [1.807, 2.05) is 71.7 Å². The van der Waals surface area contributed by atoms with Crippen LogP contribution in [0.1, 0.15) is 29.5 Å². The Labute approximate surface area is 252 Å². The molecule has 0 fully saturated rings. The molecular weight excluding hydrogens is 566 g/mol. The average Bonchev–Trinajstić information content (AvgIpc) is 3.44. The molecule has 7 rings (SSSR count). The summed E-state index contributed by atoms with van der Waals surface area (Å²) in [6, 6.07) is 35.0. The van der Waals surface area contributed by atoms with Crippen LogP contribution < -0.4 is 10.0 Å². The van der Waals surface area contributed by atoms with E-state index in [4.69, 9.17) is 21.8 Å². The van der Waals surface area contributed by atoms with E-state index < -0.39 is 9.92 Å². The van der Waals surface area contributed by atoms with Crippen molar-refractivity contribution in [3.05, 3.63) is 159 Å². The highest BCUT2D eigenvalue weighted by Gasteiger charge is 2.55. The number of nitro benzene ring substituents is 1. The van der Waals surface area contributed by atoms with Crippen molar-refractivity contribution in [2.45, 2.75) is 17.8 Å². The number of halogens is 1. The summed E-state index contributed by atoms with van der Waals surface area (Å²) in [6.45, 7) is 0. The summed E-state index contributed by atoms with van der Waals surface area (Å²) in [4.78, 5) is 10.0. The van der Waals surface area contributed by atoms with Crippen LogP contribution in [-0.4, -0.2) is 15.7 Å². The Morgan fingerprint density at radius 2 is 1.38 bits per heavy atom. The van der Waals surface area contributed by atoms with Gasteiger partial charge in [-0.3, -0.25) is 10.1 Å². The van der Waals surface area contributed by atoms with Gasteiger partial charge < -0.3 is 0 Å². The quantitative estimate of drug-likeness (QED) is 0.173. The fourth-order valence-corrected chi connectivity index (χ4v) is 7.02. The summed E-state index contributed by atoms with van der Waals surface area (Å²) in [5.41, 5.74) is 6.71. The molecule has 0 unspecified atom stereocenters. The minimum absolute atomic E-state index is 0.0371. The largest absolute Gasteiger partial charge is 0.269 e. The lowest BCUT2D eigenvalue weighted by Gasteiger charge is -2.47. The van der Waals surface area contributed by atoms with E-state index >= 15 is 0 Å². The number of thioether (sulfide) groups is 1. The smallest absolute Gasteiger partial charge is 0.258 e. The number of anilines is 2. The number of nitro groups is 1. The molecule has 4 aromatic rings. The van der Waals surface area contributed by atoms with E-state index in [1.165, 1.54) is 12.1 Å². The lowest BCUT2D eigenvalue weighted by atomic mass is 9.90. The van der Waals surface area contributed by atoms with Crippen LogP contribution >= 0.6 is 23.4 Å². The predicted molar refractivity (Wildman–Crippen MR) is 171 cm³/mol. The molecule has 4 aromatic carbocycles. The molecular formula is C33H24ClN5O2S. The number of hydrazone groups is 2. The van der Waals surface area contributed by atoms with Gasteiger partial charge in [-0.1, -0.05) is 78.3 Å². The number of hydrogen-bond acceptors (Lipinski definition) is 7. The van der Waals surface area contributed by atoms with E-state index in [2.05, 4.69) is 35.4 Å². The molecule has 1 spiro atoms. The van der Waals surface area contributed by atoms with Gasteiger partial charge in [0.15, 0.2) is 0 Å². The third kappa shape index (κ3) is 4.40. The fourth-order valence-electron chi connectivity index (χ4n) is 5.46. The maximum absolute atomic E-state index is 11.4. The van der Waals surface area contributed by atoms with Crippen LogP contribution in [-0.2, 0) is 4.99 Å². The Bertz CT molecular complexity index is 1810. The molecule has 0 N–H and O–H groups in total. The zero-order valence-corrected chi connectivity index (χ0v) is 23.9. The Balaban J connectivity index is 1.47. The summed E-state index contributed by atoms with van der Waals surface area (Å²) in [5, 5.41) is 27.6. The number of hydrogen-bond donors (Lipinski definition) is 0. The highest BCUT2D eigenvalue weighted by Crippen LogP contribution is 2.55. The normalized spacial score (nSPS) is 19.5. The number of benzene rings is 4. The molecule has 3 aliphatic rings. The average molecular weight is 590 g/mol. The molecule has 9 heteroatoms. The van der Waals surface area contributed by atoms with E-state index in [-0.39, 0.29) is 5.69 Å². The molecule has 0 aromatic heterocycles. The molecule has 206 valence electrons. The van der Waals surface area contributed by atoms with Gasteiger partial charge in [0.25, 0.3) is 5.69 Å². The minimum atomic E-state index is -0.928. The SMILES string of the molecule is O=[N+]([O-])c1ccc(C2=NN(c3ccccc3)[C@@]3(S2)c2ccccc2C(C2=CC=C(Cl)CC2)=NN3c2ccccc2)cc1. The molecule has 2 heterocycles. The third-order valence-electron chi connectivity index (χ3n) is 7.47. The summed E-state index contributed by atoms with van der Waals surface area (Å²) >= 11 is 7.91. The van der Waals surface area contributed by atoms with Crippen LogP contribution in [0.3, 0.4) is 0 Å². The summed E-state index contributed by atoms with van der Waals surface area (Å²) in [5.74, 6) is 0. The van der Waals surface area contributed by atoms with Crippen molar-refractivity contribution in [3.63, 3.8) is 0 Å². The van der Waals surface area contributed by atoms with Crippen molar-refractivity contribution >= 4 is 51.2 Å². The fraction of sp³-hybridized carbons (Fsp3) is 0.0909. The van der Waals surface area contributed by atoms with Crippen LogP contribution in [0.15, 0.2) is 142 Å². The van der Waals surface area contributed by atoms with Gasteiger partial charge in [0.2, 0.25) is 4.99 Å². The van der Waals surface area contributed by atoms with Crippen LogP contribution in [0.2, 0.25) is 0 Å². The maximum Gasteiger partial charge on any atom is 0.269 e. The van der Waals surface area contributed by atoms with Crippen LogP contribution in [0, 0.1) is 10.1 Å². The van der Waals surface area contributed by atoms with Crippen molar-refractivity contribution < 1.29 is 4.92 Å². The lowest BCUT2D eigenvalue weighted by Crippen LogP contribution is -2.54. The molecule has 1 aliphatic carbocycles. The first kappa shape index (κ1) is 26.3. The van der Waals surface area contributed by atoms with Crippen molar-refractivity contribution in [1.29, 1.82) is 0 Å². The highest BCUT2D eigenvalue weighted by molar-refractivity contribution is 8.15. The molecule has 0 saturated carbocycles. The molecule has 7 nitrogen and oxygen atoms in total. The van der Waals surface area contributed by atoms with Gasteiger partial charge in [-0.05, 0) is 72.7 Å². The van der Waals surface area contributed by atoms with E-state index in [0.717, 1.165) is 62.3 Å². The second kappa shape index (κ2) is 10.6. The molecule has 0 bridgehead atoms. The number of fused-ring (bicyclic) bond motifs is 2. The van der Waals surface area contributed by atoms with Crippen molar-refractivity contribution in [1.82, 2.24) is 0 Å². The molecule has 0 radical (unpaired) electrons. The van der Waals surface area contributed by atoms with Crippen LogP contribution in [0.5, 0.6) is 0 Å². The number of allylic oxidation sites excluding steroid dienone is 4. The van der Waals surface area contributed by atoms with Gasteiger partial charge >= 0.3 is 0 Å². The maximum atomic E-state index is 11.4. The standard InChI is InChI=1S/C33H24ClN5O2S/c34-25-19-15-23(16-20-25)31-29-13-7-8-14-30(29)33(37(35-31)26-9-3-1-4-10-26)38(27-11-5-2-6-12-27)36-32(42-33)24-17-21-28(22-18-24)39(40)41/h1-15,17-19,21-22H,16,20H2/t33-/m1/s1. The Kier molecular flexibility index (Phi) is 6.64. The summed E-state index contributed by atoms with van der Waals surface area (Å²) < 4.78 is 0. The molecule has 0 saturated heterocycles. The Morgan fingerprint density at radius 1 is 0.762 bits per heavy atom. The van der Waals surface area contributed by atoms with Crippen molar-refractivity contribution in [2.24, 2.45) is 10.2 Å². The number of rotatable bonds is 5. The van der Waals surface area contributed by atoms with E-state index in [1.54, 1.807) is 23.9 Å². The van der Waals surface area contributed by atoms with Crippen LogP contribution in [0.4, 0.5) is 17.1 Å². The first-order chi connectivity index (χ1) is 20.5. The van der Waals surface area contributed by atoms with E-state index in [9.17, 15) is 10.1 Å². The number of nitrogens with zero attached hydrogens (tertiary/aromatic N) is 5. The summed E-state index contributed by atoms with van der Waals surface area (Å²) in [6.07, 6.45) is 5.58. The van der Waals surface area contributed by atoms with Gasteiger partial charge in [-0.2, -0.15) is 10.2 Å². The summed E-state index contributed by atoms with van der Waals surface area (Å²) in [7, 11) is 0. The first-order valence-electron chi connectivity index (χ1n) is 13.5. The predicted octanol–water partition coefficient (Wildman–Crippen LogP) is 8.39. The third-order valence-corrected chi connectivity index (χ3v) is 9.14. The van der Waals surface area contributed by atoms with Gasteiger partial charge in [0, 0.05) is 33.9 Å². The zero-order chi connectivity index (χ0) is 28.7. The second-order valence-corrected chi connectivity index (χ2v) is 11.7. The Hall–Kier alpha value is -4.66. The molecule has 1 atom stereocenters. The minimum Gasteiger partial charge on any atom is -0.258 e. The zero-order valence-electron chi connectivity index (χ0n) is 22.3. The number of para-hydroxylation sites is 2. The number of non-ortho nitro benzene ring substituents is 1. The van der Waals surface area contributed by atoms with E-state index in [0.29, 0.717) is 0 Å². The van der Waals surface area contributed by atoms with Gasteiger partial charge in [0.05, 0.1) is 22.0 Å². The Morgan fingerprint density at radius 3 is 2.00 bits per heavy atom. The lowest BCUT2D eigenvalue weighted by molar-refractivity contribution is -0.384. The molecule has 0 amide bonds. The van der Waals surface area contributed by atoms with Gasteiger partial charge in [-0.15, -0.1) is 0 Å². The highest BCUT2D eigenvalue weighted by atomic mass is 35.5. The molecule has 42 heavy (non-hydrogen) atoms. The topological polar surface area (TPSA) is 74.3 Å². The monoisotopic (exact) mass is 589 g/mol. The van der Waals surface area contributed by atoms with Gasteiger partial charge in [0.1, 0.15) is 5.04 Å². The van der Waals surface area contributed by atoms with Crippen molar-refractivity contribution in [2.75, 3.05) is 10.0 Å². The van der Waals surface area contributed by atoms with Crippen LogP contribution in [0.25, 0.3) is 0 Å². The van der Waals surface area contributed by atoms with Gasteiger partial charge in [-0.25, -0.2) is 10.0 Å². The van der Waals surface area contributed by atoms with Crippen molar-refractivity contribution in [3.8, 4) is 0 Å². The second-order valence-electron chi connectivity index (χ2n) is 10.0.